The molecule has 0 saturated carbocycles. The highest BCUT2D eigenvalue weighted by molar-refractivity contribution is 7.98. The number of rotatable bonds is 8. The zero-order valence-corrected chi connectivity index (χ0v) is 12.7. The van der Waals surface area contributed by atoms with Crippen LogP contribution < -0.4 is 10.1 Å². The Hall–Kier alpha value is -0.670. The highest BCUT2D eigenvalue weighted by Gasteiger charge is 2.03. The van der Waals surface area contributed by atoms with Crippen molar-refractivity contribution in [1.29, 1.82) is 0 Å². The van der Waals surface area contributed by atoms with Crippen LogP contribution in [0.4, 0.5) is 0 Å². The number of benzene rings is 1. The van der Waals surface area contributed by atoms with Crippen molar-refractivity contribution in [2.45, 2.75) is 45.9 Å². The third-order valence-corrected chi connectivity index (χ3v) is 3.32. The summed E-state index contributed by atoms with van der Waals surface area (Å²) >= 11 is 1.90. The van der Waals surface area contributed by atoms with Gasteiger partial charge < -0.3 is 10.1 Å². The average molecular weight is 267 g/mol. The lowest BCUT2D eigenvalue weighted by Gasteiger charge is -2.14. The molecule has 1 atom stereocenters. The molecule has 0 radical (unpaired) electrons. The van der Waals surface area contributed by atoms with Gasteiger partial charge in [0.2, 0.25) is 0 Å². The molecule has 0 aliphatic rings. The van der Waals surface area contributed by atoms with Crippen LogP contribution in [0.5, 0.6) is 5.75 Å². The second kappa shape index (κ2) is 8.44. The first-order valence-corrected chi connectivity index (χ1v) is 7.99. The van der Waals surface area contributed by atoms with Gasteiger partial charge in [0.25, 0.3) is 0 Å². The Morgan fingerprint density at radius 2 is 2.06 bits per heavy atom. The molecule has 1 aromatic rings. The van der Waals surface area contributed by atoms with E-state index in [1.54, 1.807) is 0 Å². The predicted molar refractivity (Wildman–Crippen MR) is 81.5 cm³/mol. The van der Waals surface area contributed by atoms with Gasteiger partial charge in [-0.05, 0) is 56.9 Å². The van der Waals surface area contributed by atoms with Crippen LogP contribution in [0.3, 0.4) is 0 Å². The SMILES string of the molecule is CSCCC(C)NCc1cccc(OC(C)C)c1. The maximum atomic E-state index is 5.70. The summed E-state index contributed by atoms with van der Waals surface area (Å²) in [6, 6.07) is 8.89. The van der Waals surface area contributed by atoms with Crippen molar-refractivity contribution in [3.63, 3.8) is 0 Å². The summed E-state index contributed by atoms with van der Waals surface area (Å²) < 4.78 is 5.70. The van der Waals surface area contributed by atoms with Crippen molar-refractivity contribution in [2.24, 2.45) is 0 Å². The molecule has 0 aliphatic heterocycles. The summed E-state index contributed by atoms with van der Waals surface area (Å²) in [6.07, 6.45) is 3.59. The normalized spacial score (nSPS) is 12.7. The first kappa shape index (κ1) is 15.4. The molecule has 0 heterocycles. The van der Waals surface area contributed by atoms with Crippen LogP contribution in [0, 0.1) is 0 Å². The standard InChI is InChI=1S/C15H25NOS/c1-12(2)17-15-7-5-6-14(10-15)11-16-13(3)8-9-18-4/h5-7,10,12-13,16H,8-9,11H2,1-4H3. The minimum absolute atomic E-state index is 0.230. The number of ether oxygens (including phenoxy) is 1. The second-order valence-electron chi connectivity index (χ2n) is 4.88. The first-order valence-electron chi connectivity index (χ1n) is 6.59. The monoisotopic (exact) mass is 267 g/mol. The van der Waals surface area contributed by atoms with Crippen LogP contribution >= 0.6 is 11.8 Å². The van der Waals surface area contributed by atoms with Crippen molar-refractivity contribution < 1.29 is 4.74 Å². The molecule has 1 unspecified atom stereocenters. The summed E-state index contributed by atoms with van der Waals surface area (Å²) in [5, 5.41) is 3.55. The summed E-state index contributed by atoms with van der Waals surface area (Å²) in [7, 11) is 0. The molecule has 0 fully saturated rings. The van der Waals surface area contributed by atoms with E-state index in [4.69, 9.17) is 4.74 Å². The van der Waals surface area contributed by atoms with Gasteiger partial charge in [-0.1, -0.05) is 12.1 Å². The van der Waals surface area contributed by atoms with Crippen molar-refractivity contribution in [2.75, 3.05) is 12.0 Å². The Balaban J connectivity index is 2.42. The Bertz CT molecular complexity index is 341. The molecule has 18 heavy (non-hydrogen) atoms. The van der Waals surface area contributed by atoms with Gasteiger partial charge in [-0.2, -0.15) is 11.8 Å². The summed E-state index contributed by atoms with van der Waals surface area (Å²) in [6.45, 7) is 7.25. The topological polar surface area (TPSA) is 21.3 Å². The molecule has 0 aliphatic carbocycles. The second-order valence-corrected chi connectivity index (χ2v) is 5.86. The third kappa shape index (κ3) is 6.31. The first-order chi connectivity index (χ1) is 8.61. The molecule has 102 valence electrons. The van der Waals surface area contributed by atoms with E-state index >= 15 is 0 Å². The number of thioether (sulfide) groups is 1. The minimum Gasteiger partial charge on any atom is -0.491 e. The van der Waals surface area contributed by atoms with E-state index in [-0.39, 0.29) is 6.10 Å². The molecular weight excluding hydrogens is 242 g/mol. The average Bonchev–Trinajstić information content (AvgIpc) is 2.33. The fourth-order valence-electron chi connectivity index (χ4n) is 1.69. The van der Waals surface area contributed by atoms with Crippen LogP contribution in [0.25, 0.3) is 0 Å². The summed E-state index contributed by atoms with van der Waals surface area (Å²) in [5.41, 5.74) is 1.28. The van der Waals surface area contributed by atoms with Gasteiger partial charge in [0.15, 0.2) is 0 Å². The lowest BCUT2D eigenvalue weighted by atomic mass is 10.2. The Morgan fingerprint density at radius 1 is 1.28 bits per heavy atom. The minimum atomic E-state index is 0.230. The summed E-state index contributed by atoms with van der Waals surface area (Å²) in [5.74, 6) is 2.17. The quantitative estimate of drug-likeness (QED) is 0.776. The Kier molecular flexibility index (Phi) is 7.21. The van der Waals surface area contributed by atoms with E-state index in [0.717, 1.165) is 12.3 Å². The van der Waals surface area contributed by atoms with E-state index in [0.29, 0.717) is 6.04 Å². The largest absolute Gasteiger partial charge is 0.491 e. The van der Waals surface area contributed by atoms with Gasteiger partial charge in [-0.15, -0.1) is 0 Å². The Labute approximate surface area is 116 Å². The molecule has 0 aromatic heterocycles. The molecule has 1 aromatic carbocycles. The molecule has 0 spiro atoms. The van der Waals surface area contributed by atoms with Gasteiger partial charge in [0, 0.05) is 12.6 Å². The van der Waals surface area contributed by atoms with Gasteiger partial charge in [-0.3, -0.25) is 0 Å². The van der Waals surface area contributed by atoms with Crippen LogP contribution in [-0.2, 0) is 6.54 Å². The van der Waals surface area contributed by atoms with Gasteiger partial charge >= 0.3 is 0 Å². The van der Waals surface area contributed by atoms with Crippen molar-refractivity contribution >= 4 is 11.8 Å². The molecule has 1 rings (SSSR count). The number of hydrogen-bond acceptors (Lipinski definition) is 3. The van der Waals surface area contributed by atoms with Gasteiger partial charge in [-0.25, -0.2) is 0 Å². The molecule has 2 nitrogen and oxygen atoms in total. The van der Waals surface area contributed by atoms with Crippen LogP contribution in [0.2, 0.25) is 0 Å². The Morgan fingerprint density at radius 3 is 2.72 bits per heavy atom. The fraction of sp³-hybridized carbons (Fsp3) is 0.600. The molecule has 0 amide bonds. The van der Waals surface area contributed by atoms with E-state index in [1.807, 2.05) is 17.8 Å². The van der Waals surface area contributed by atoms with E-state index in [9.17, 15) is 0 Å². The third-order valence-electron chi connectivity index (χ3n) is 2.68. The zero-order chi connectivity index (χ0) is 13.4. The van der Waals surface area contributed by atoms with Crippen molar-refractivity contribution in [3.8, 4) is 5.75 Å². The van der Waals surface area contributed by atoms with E-state index in [1.165, 1.54) is 17.7 Å². The van der Waals surface area contributed by atoms with Crippen molar-refractivity contribution in [3.05, 3.63) is 29.8 Å². The van der Waals surface area contributed by atoms with Crippen LogP contribution in [0.1, 0.15) is 32.8 Å². The van der Waals surface area contributed by atoms with Crippen molar-refractivity contribution in [1.82, 2.24) is 5.32 Å². The predicted octanol–water partition coefficient (Wildman–Crippen LogP) is 3.71. The highest BCUT2D eigenvalue weighted by Crippen LogP contribution is 2.15. The lowest BCUT2D eigenvalue weighted by Crippen LogP contribution is -2.25. The van der Waals surface area contributed by atoms with Gasteiger partial charge in [0.05, 0.1) is 6.10 Å². The lowest BCUT2D eigenvalue weighted by molar-refractivity contribution is 0.242. The molecule has 0 bridgehead atoms. The maximum absolute atomic E-state index is 5.70. The molecular formula is C15H25NOS. The zero-order valence-electron chi connectivity index (χ0n) is 11.9. The molecule has 3 heteroatoms. The summed E-state index contributed by atoms with van der Waals surface area (Å²) in [4.78, 5) is 0. The highest BCUT2D eigenvalue weighted by atomic mass is 32.2. The van der Waals surface area contributed by atoms with E-state index in [2.05, 4.69) is 50.5 Å². The molecule has 0 saturated heterocycles. The smallest absolute Gasteiger partial charge is 0.120 e. The van der Waals surface area contributed by atoms with Crippen LogP contribution in [0.15, 0.2) is 24.3 Å². The molecule has 1 N–H and O–H groups in total. The fourth-order valence-corrected chi connectivity index (χ4v) is 2.28. The van der Waals surface area contributed by atoms with Crippen LogP contribution in [-0.4, -0.2) is 24.2 Å². The van der Waals surface area contributed by atoms with E-state index < -0.39 is 0 Å². The van der Waals surface area contributed by atoms with Gasteiger partial charge in [0.1, 0.15) is 5.75 Å². The number of hydrogen-bond donors (Lipinski definition) is 1. The maximum Gasteiger partial charge on any atom is 0.120 e. The number of nitrogens with one attached hydrogen (secondary N) is 1.